The molecule has 0 unspecified atom stereocenters. The molecule has 2 aromatic carbocycles. The molecule has 0 aliphatic heterocycles. The summed E-state index contributed by atoms with van der Waals surface area (Å²) in [7, 11) is -3.45. The molecule has 9 heteroatoms. The highest BCUT2D eigenvalue weighted by atomic mass is 79.9. The lowest BCUT2D eigenvalue weighted by Gasteiger charge is -2.17. The van der Waals surface area contributed by atoms with Gasteiger partial charge in [-0.05, 0) is 63.0 Å². The average Bonchev–Trinajstić information content (AvgIpc) is 2.68. The van der Waals surface area contributed by atoms with Gasteiger partial charge in [0.1, 0.15) is 10.4 Å². The number of hydrogen-bond donors (Lipinski definition) is 0. The standard InChI is InChI=1S/C19H12BrF4NO2S.C2H6/c1-28(26,27)14-8-4-11(5-9-14)15-10-16(20)25-18(19(22,23)24)17(15)12-2-6-13(21)7-3-12;1-2/h2-10H,1H3;1-2H3. The lowest BCUT2D eigenvalue weighted by Crippen LogP contribution is -2.11. The SMILES string of the molecule is CC.CS(=O)(=O)c1ccc(-c2cc(Br)nc(C(F)(F)F)c2-c2ccc(F)cc2)cc1. The largest absolute Gasteiger partial charge is 0.434 e. The van der Waals surface area contributed by atoms with E-state index < -0.39 is 27.5 Å². The summed E-state index contributed by atoms with van der Waals surface area (Å²) in [5.74, 6) is -0.582. The third kappa shape index (κ3) is 5.46. The summed E-state index contributed by atoms with van der Waals surface area (Å²) in [6.45, 7) is 4.00. The summed E-state index contributed by atoms with van der Waals surface area (Å²) in [6, 6.07) is 11.5. The molecule has 0 amide bonds. The Balaban J connectivity index is 0.00000155. The van der Waals surface area contributed by atoms with Crippen molar-refractivity contribution in [1.82, 2.24) is 4.98 Å². The molecule has 0 spiro atoms. The van der Waals surface area contributed by atoms with Gasteiger partial charge in [-0.25, -0.2) is 17.8 Å². The predicted molar refractivity (Wildman–Crippen MR) is 112 cm³/mol. The van der Waals surface area contributed by atoms with Crippen molar-refractivity contribution >= 4 is 25.8 Å². The van der Waals surface area contributed by atoms with Crippen molar-refractivity contribution in [3.05, 3.63) is 70.7 Å². The van der Waals surface area contributed by atoms with E-state index in [1.54, 1.807) is 0 Å². The van der Waals surface area contributed by atoms with Crippen LogP contribution in [-0.4, -0.2) is 19.7 Å². The van der Waals surface area contributed by atoms with Crippen molar-refractivity contribution in [1.29, 1.82) is 0 Å². The van der Waals surface area contributed by atoms with Gasteiger partial charge in [0.15, 0.2) is 15.5 Å². The first-order valence-corrected chi connectivity index (χ1v) is 11.5. The van der Waals surface area contributed by atoms with Gasteiger partial charge in [-0.1, -0.05) is 38.1 Å². The number of halogens is 5. The minimum atomic E-state index is -4.76. The van der Waals surface area contributed by atoms with Crippen LogP contribution in [0.2, 0.25) is 0 Å². The van der Waals surface area contributed by atoms with Crippen molar-refractivity contribution in [2.24, 2.45) is 0 Å². The minimum absolute atomic E-state index is 0.0344. The van der Waals surface area contributed by atoms with Gasteiger partial charge >= 0.3 is 6.18 Å². The van der Waals surface area contributed by atoms with E-state index in [4.69, 9.17) is 0 Å². The molecule has 0 N–H and O–H groups in total. The first-order chi connectivity index (χ1) is 14.0. The third-order valence-corrected chi connectivity index (χ3v) is 5.52. The zero-order valence-corrected chi connectivity index (χ0v) is 18.7. The molecule has 160 valence electrons. The summed E-state index contributed by atoms with van der Waals surface area (Å²) in [5.41, 5.74) is -0.671. The topological polar surface area (TPSA) is 47.0 Å². The maximum Gasteiger partial charge on any atom is 0.434 e. The monoisotopic (exact) mass is 503 g/mol. The van der Waals surface area contributed by atoms with Gasteiger partial charge in [0.2, 0.25) is 0 Å². The van der Waals surface area contributed by atoms with Crippen LogP contribution in [0.4, 0.5) is 17.6 Å². The molecule has 3 aromatic rings. The van der Waals surface area contributed by atoms with Crippen LogP contribution in [0, 0.1) is 5.82 Å². The molecule has 0 aliphatic rings. The first-order valence-electron chi connectivity index (χ1n) is 8.81. The lowest BCUT2D eigenvalue weighted by atomic mass is 9.93. The maximum absolute atomic E-state index is 13.7. The van der Waals surface area contributed by atoms with Crippen LogP contribution in [0.3, 0.4) is 0 Å². The molecule has 1 aromatic heterocycles. The highest BCUT2D eigenvalue weighted by Crippen LogP contribution is 2.42. The van der Waals surface area contributed by atoms with E-state index in [1.807, 2.05) is 13.8 Å². The number of aromatic nitrogens is 1. The Morgan fingerprint density at radius 3 is 1.87 bits per heavy atom. The second-order valence-electron chi connectivity index (χ2n) is 6.02. The molecule has 3 rings (SSSR count). The number of sulfone groups is 1. The molecular weight excluding hydrogens is 486 g/mol. The van der Waals surface area contributed by atoms with Crippen LogP contribution >= 0.6 is 15.9 Å². The Hall–Kier alpha value is -2.26. The van der Waals surface area contributed by atoms with Gasteiger partial charge in [-0.15, -0.1) is 0 Å². The van der Waals surface area contributed by atoms with E-state index in [1.165, 1.54) is 42.5 Å². The second-order valence-corrected chi connectivity index (χ2v) is 8.85. The van der Waals surface area contributed by atoms with Crippen LogP contribution in [0.5, 0.6) is 0 Å². The van der Waals surface area contributed by atoms with Crippen LogP contribution < -0.4 is 0 Å². The third-order valence-electron chi connectivity index (χ3n) is 3.98. The molecule has 0 radical (unpaired) electrons. The van der Waals surface area contributed by atoms with E-state index >= 15 is 0 Å². The van der Waals surface area contributed by atoms with Gasteiger partial charge in [0.25, 0.3) is 0 Å². The fourth-order valence-electron chi connectivity index (χ4n) is 2.74. The number of alkyl halides is 3. The van der Waals surface area contributed by atoms with Crippen LogP contribution in [0.25, 0.3) is 22.3 Å². The molecule has 0 saturated heterocycles. The summed E-state index contributed by atoms with van der Waals surface area (Å²) < 4.78 is 77.5. The molecule has 0 atom stereocenters. The van der Waals surface area contributed by atoms with Crippen LogP contribution in [0.1, 0.15) is 19.5 Å². The summed E-state index contributed by atoms with van der Waals surface area (Å²) in [4.78, 5) is 3.63. The van der Waals surface area contributed by atoms with Gasteiger partial charge in [0.05, 0.1) is 4.90 Å². The molecule has 0 aliphatic carbocycles. The highest BCUT2D eigenvalue weighted by Gasteiger charge is 2.37. The van der Waals surface area contributed by atoms with Crippen molar-refractivity contribution in [2.75, 3.05) is 6.26 Å². The molecule has 0 bridgehead atoms. The zero-order chi connectivity index (χ0) is 22.7. The number of pyridine rings is 1. The van der Waals surface area contributed by atoms with Gasteiger partial charge in [-0.2, -0.15) is 13.2 Å². The Labute approximate surface area is 180 Å². The fourth-order valence-corrected chi connectivity index (χ4v) is 3.77. The van der Waals surface area contributed by atoms with Gasteiger partial charge in [0, 0.05) is 11.8 Å². The van der Waals surface area contributed by atoms with Crippen LogP contribution in [0.15, 0.2) is 64.1 Å². The number of nitrogens with zero attached hydrogens (tertiary/aromatic N) is 1. The number of rotatable bonds is 3. The van der Waals surface area contributed by atoms with Crippen molar-refractivity contribution < 1.29 is 26.0 Å². The van der Waals surface area contributed by atoms with Crippen molar-refractivity contribution in [3.63, 3.8) is 0 Å². The van der Waals surface area contributed by atoms with E-state index in [9.17, 15) is 26.0 Å². The first kappa shape index (κ1) is 24.0. The van der Waals surface area contributed by atoms with E-state index in [-0.39, 0.29) is 26.2 Å². The van der Waals surface area contributed by atoms with E-state index in [0.717, 1.165) is 18.4 Å². The smallest absolute Gasteiger partial charge is 0.236 e. The Morgan fingerprint density at radius 2 is 1.40 bits per heavy atom. The molecule has 0 saturated carbocycles. The highest BCUT2D eigenvalue weighted by molar-refractivity contribution is 9.10. The van der Waals surface area contributed by atoms with Crippen molar-refractivity contribution in [3.8, 4) is 22.3 Å². The molecule has 1 heterocycles. The fraction of sp³-hybridized carbons (Fsp3) is 0.190. The van der Waals surface area contributed by atoms with Gasteiger partial charge < -0.3 is 0 Å². The predicted octanol–water partition coefficient (Wildman–Crippen LogP) is 6.77. The van der Waals surface area contributed by atoms with Crippen LogP contribution in [-0.2, 0) is 16.0 Å². The Morgan fingerprint density at radius 1 is 0.900 bits per heavy atom. The second kappa shape index (κ2) is 9.26. The van der Waals surface area contributed by atoms with E-state index in [0.29, 0.717) is 5.56 Å². The zero-order valence-electron chi connectivity index (χ0n) is 16.3. The minimum Gasteiger partial charge on any atom is -0.236 e. The molecule has 30 heavy (non-hydrogen) atoms. The lowest BCUT2D eigenvalue weighted by molar-refractivity contribution is -0.140. The maximum atomic E-state index is 13.7. The number of hydrogen-bond acceptors (Lipinski definition) is 3. The normalized spacial score (nSPS) is 11.6. The average molecular weight is 504 g/mol. The Bertz CT molecular complexity index is 1130. The summed E-state index contributed by atoms with van der Waals surface area (Å²) in [6.07, 6.45) is -3.72. The molecular formula is C21H18BrF4NO2S. The summed E-state index contributed by atoms with van der Waals surface area (Å²) in [5, 5.41) is 0. The Kier molecular flexibility index (Phi) is 7.41. The van der Waals surface area contributed by atoms with Gasteiger partial charge in [-0.3, -0.25) is 0 Å². The molecule has 0 fully saturated rings. The molecule has 3 nitrogen and oxygen atoms in total. The van der Waals surface area contributed by atoms with Crippen molar-refractivity contribution in [2.45, 2.75) is 24.9 Å². The van der Waals surface area contributed by atoms with E-state index in [2.05, 4.69) is 20.9 Å². The summed E-state index contributed by atoms with van der Waals surface area (Å²) >= 11 is 3.00. The number of benzene rings is 2. The quantitative estimate of drug-likeness (QED) is 0.292.